The second-order valence-corrected chi connectivity index (χ2v) is 11.5. The number of hydrogen-bond donors (Lipinski definition) is 11. The summed E-state index contributed by atoms with van der Waals surface area (Å²) in [6.45, 7) is 1.56. The van der Waals surface area contributed by atoms with Gasteiger partial charge in [-0.2, -0.15) is 0 Å². The largest absolute Gasteiger partial charge is 0.480 e. The first-order chi connectivity index (χ1) is 23.8. The van der Waals surface area contributed by atoms with Crippen molar-refractivity contribution in [2.75, 3.05) is 19.6 Å². The van der Waals surface area contributed by atoms with Gasteiger partial charge in [0.2, 0.25) is 35.4 Å². The SMILES string of the molecule is CC(C)C(NC(=O)CNC(=O)C(Cc1cnc[nH]1)NC(=O)CNC(=O)C(N)Cc1cnc[nH]1)C(=O)NC(Cc1cnc[nH]1)C(=O)NCC(=O)O. The Morgan fingerprint density at radius 1 is 0.640 bits per heavy atom. The molecule has 0 fully saturated rings. The maximum absolute atomic E-state index is 13.2. The van der Waals surface area contributed by atoms with Crippen molar-refractivity contribution in [2.24, 2.45) is 11.7 Å². The van der Waals surface area contributed by atoms with E-state index in [1.54, 1.807) is 13.8 Å². The van der Waals surface area contributed by atoms with Crippen LogP contribution in [-0.2, 0) is 52.8 Å². The molecule has 0 saturated carbocycles. The van der Waals surface area contributed by atoms with Crippen molar-refractivity contribution in [1.82, 2.24) is 61.8 Å². The number of amides is 6. The molecule has 0 spiro atoms. The van der Waals surface area contributed by atoms with Gasteiger partial charge in [0.1, 0.15) is 24.7 Å². The molecule has 0 aliphatic carbocycles. The van der Waals surface area contributed by atoms with Gasteiger partial charge in [-0.1, -0.05) is 13.8 Å². The summed E-state index contributed by atoms with van der Waals surface area (Å²) >= 11 is 0. The number of carbonyl (C=O) groups excluding carboxylic acids is 6. The maximum Gasteiger partial charge on any atom is 0.322 e. The Morgan fingerprint density at radius 3 is 1.54 bits per heavy atom. The van der Waals surface area contributed by atoms with Crippen molar-refractivity contribution in [1.29, 1.82) is 0 Å². The minimum atomic E-state index is -1.28. The van der Waals surface area contributed by atoms with Crippen LogP contribution in [0, 0.1) is 5.92 Å². The summed E-state index contributed by atoms with van der Waals surface area (Å²) in [4.78, 5) is 108. The Hall–Kier alpha value is -6.12. The summed E-state index contributed by atoms with van der Waals surface area (Å²) < 4.78 is 0. The number of aromatic amines is 3. The Bertz CT molecular complexity index is 1580. The molecule has 21 nitrogen and oxygen atoms in total. The molecule has 3 aromatic heterocycles. The van der Waals surface area contributed by atoms with Crippen molar-refractivity contribution >= 4 is 41.4 Å². The van der Waals surface area contributed by atoms with Crippen molar-refractivity contribution in [3.05, 3.63) is 54.7 Å². The molecule has 4 atom stereocenters. The molecule has 0 aliphatic rings. The zero-order valence-corrected chi connectivity index (χ0v) is 27.3. The second kappa shape index (κ2) is 19.0. The molecule has 0 saturated heterocycles. The van der Waals surface area contributed by atoms with Crippen LogP contribution in [0.25, 0.3) is 0 Å². The number of H-pyrrole nitrogens is 3. The van der Waals surface area contributed by atoms with Crippen LogP contribution in [0.4, 0.5) is 0 Å². The first kappa shape index (κ1) is 38.3. The monoisotopic (exact) mass is 699 g/mol. The van der Waals surface area contributed by atoms with E-state index in [0.29, 0.717) is 17.1 Å². The highest BCUT2D eigenvalue weighted by molar-refractivity contribution is 5.95. The first-order valence-corrected chi connectivity index (χ1v) is 15.4. The number of nitrogens with one attached hydrogen (secondary N) is 9. The van der Waals surface area contributed by atoms with Gasteiger partial charge in [-0.05, 0) is 5.92 Å². The number of carboxylic acids is 1. The van der Waals surface area contributed by atoms with Crippen LogP contribution in [0.2, 0.25) is 0 Å². The lowest BCUT2D eigenvalue weighted by Gasteiger charge is -2.25. The molecule has 0 radical (unpaired) electrons. The van der Waals surface area contributed by atoms with Crippen LogP contribution in [0.1, 0.15) is 30.9 Å². The normalized spacial score (nSPS) is 13.3. The molecule has 3 heterocycles. The van der Waals surface area contributed by atoms with Gasteiger partial charge in [-0.3, -0.25) is 33.6 Å². The summed E-state index contributed by atoms with van der Waals surface area (Å²) in [5.41, 5.74) is 7.50. The highest BCUT2D eigenvalue weighted by atomic mass is 16.4. The number of aliphatic carboxylic acids is 1. The predicted octanol–water partition coefficient (Wildman–Crippen LogP) is -4.25. The number of aromatic nitrogens is 6. The zero-order valence-electron chi connectivity index (χ0n) is 27.3. The third-order valence-electron chi connectivity index (χ3n) is 7.10. The van der Waals surface area contributed by atoms with Crippen LogP contribution in [0.15, 0.2) is 37.6 Å². The number of imidazole rings is 3. The van der Waals surface area contributed by atoms with E-state index in [1.807, 2.05) is 0 Å². The Morgan fingerprint density at radius 2 is 1.08 bits per heavy atom. The van der Waals surface area contributed by atoms with E-state index in [4.69, 9.17) is 10.8 Å². The van der Waals surface area contributed by atoms with Gasteiger partial charge >= 0.3 is 5.97 Å². The average molecular weight is 700 g/mol. The van der Waals surface area contributed by atoms with Crippen molar-refractivity contribution in [2.45, 2.75) is 57.3 Å². The van der Waals surface area contributed by atoms with Crippen LogP contribution in [0.5, 0.6) is 0 Å². The highest BCUT2D eigenvalue weighted by Crippen LogP contribution is 2.06. The topological polar surface area (TPSA) is 324 Å². The van der Waals surface area contributed by atoms with Gasteiger partial charge in [0.15, 0.2) is 0 Å². The van der Waals surface area contributed by atoms with Crippen molar-refractivity contribution < 1.29 is 38.7 Å². The fourth-order valence-corrected chi connectivity index (χ4v) is 4.52. The Labute approximate surface area is 285 Å². The molecule has 0 aliphatic heterocycles. The number of carboxylic acid groups (broad SMARTS) is 1. The highest BCUT2D eigenvalue weighted by Gasteiger charge is 2.30. The number of hydrogen-bond acceptors (Lipinski definition) is 11. The minimum Gasteiger partial charge on any atom is -0.480 e. The van der Waals surface area contributed by atoms with Crippen molar-refractivity contribution in [3.63, 3.8) is 0 Å². The molecular weight excluding hydrogens is 658 g/mol. The molecule has 3 rings (SSSR count). The smallest absolute Gasteiger partial charge is 0.322 e. The summed E-state index contributed by atoms with van der Waals surface area (Å²) in [6, 6.07) is -4.51. The summed E-state index contributed by atoms with van der Waals surface area (Å²) in [5, 5.41) is 23.6. The molecule has 0 bridgehead atoms. The lowest BCUT2D eigenvalue weighted by atomic mass is 10.0. The molecule has 270 valence electrons. The third-order valence-corrected chi connectivity index (χ3v) is 7.10. The zero-order chi connectivity index (χ0) is 36.6. The lowest BCUT2D eigenvalue weighted by Crippen LogP contribution is -2.57. The van der Waals surface area contributed by atoms with E-state index in [2.05, 4.69) is 61.8 Å². The quantitative estimate of drug-likeness (QED) is 0.0534. The molecule has 21 heteroatoms. The van der Waals surface area contributed by atoms with Crippen LogP contribution in [0.3, 0.4) is 0 Å². The summed E-state index contributed by atoms with van der Waals surface area (Å²) in [7, 11) is 0. The molecule has 50 heavy (non-hydrogen) atoms. The van der Waals surface area contributed by atoms with Gasteiger partial charge in [-0.15, -0.1) is 0 Å². The third kappa shape index (κ3) is 12.8. The Balaban J connectivity index is 1.57. The van der Waals surface area contributed by atoms with E-state index >= 15 is 0 Å². The number of rotatable bonds is 20. The van der Waals surface area contributed by atoms with E-state index < -0.39 is 91.1 Å². The fourth-order valence-electron chi connectivity index (χ4n) is 4.52. The molecule has 3 aromatic rings. The Kier molecular flexibility index (Phi) is 14.6. The van der Waals surface area contributed by atoms with Crippen molar-refractivity contribution in [3.8, 4) is 0 Å². The molecule has 0 aromatic carbocycles. The average Bonchev–Trinajstić information content (AvgIpc) is 3.88. The van der Waals surface area contributed by atoms with Crippen LogP contribution < -0.4 is 37.6 Å². The van der Waals surface area contributed by atoms with Gasteiger partial charge in [0, 0.05) is 54.9 Å². The van der Waals surface area contributed by atoms with Gasteiger partial charge < -0.3 is 57.7 Å². The van der Waals surface area contributed by atoms with Crippen LogP contribution >= 0.6 is 0 Å². The fraction of sp³-hybridized carbons (Fsp3) is 0.448. The van der Waals surface area contributed by atoms with E-state index in [1.165, 1.54) is 37.6 Å². The standard InChI is InChI=1S/C29H41N13O8/c1-15(2)25(29(50)41-21(5-18-8-33-14-39-18)28(49)36-11-24(45)46)42-23(44)10-35-27(48)20(4-17-7-32-13-38-17)40-22(43)9-34-26(47)19(30)3-16-6-31-12-37-16/h6-8,12-15,19-21,25H,3-5,9-11,30H2,1-2H3,(H,31,37)(H,32,38)(H,33,39)(H,34,47)(H,35,48)(H,36,49)(H,40,43)(H,41,50)(H,42,44)(H,45,46). The van der Waals surface area contributed by atoms with Gasteiger partial charge in [-0.25, -0.2) is 15.0 Å². The minimum absolute atomic E-state index is 0.0365. The number of nitrogens with two attached hydrogens (primary N) is 1. The summed E-state index contributed by atoms with van der Waals surface area (Å²) in [6.07, 6.45) is 8.68. The molecule has 12 N–H and O–H groups in total. The second-order valence-electron chi connectivity index (χ2n) is 11.5. The first-order valence-electron chi connectivity index (χ1n) is 15.4. The number of nitrogens with zero attached hydrogens (tertiary/aromatic N) is 3. The number of carbonyl (C=O) groups is 7. The predicted molar refractivity (Wildman–Crippen MR) is 172 cm³/mol. The van der Waals surface area contributed by atoms with E-state index in [-0.39, 0.29) is 19.3 Å². The molecule has 6 amide bonds. The van der Waals surface area contributed by atoms with E-state index in [0.717, 1.165) is 0 Å². The van der Waals surface area contributed by atoms with Crippen LogP contribution in [-0.4, -0.2) is 120 Å². The molecular formula is C29H41N13O8. The summed E-state index contributed by atoms with van der Waals surface area (Å²) in [5.74, 6) is -6.05. The van der Waals surface area contributed by atoms with Gasteiger partial charge in [0.25, 0.3) is 0 Å². The maximum atomic E-state index is 13.2. The van der Waals surface area contributed by atoms with E-state index in [9.17, 15) is 33.6 Å². The lowest BCUT2D eigenvalue weighted by molar-refractivity contribution is -0.138. The van der Waals surface area contributed by atoms with Gasteiger partial charge in [0.05, 0.1) is 38.1 Å². The molecule has 4 unspecified atom stereocenters.